The molecule has 0 N–H and O–H groups in total. The minimum atomic E-state index is -0.332. The third kappa shape index (κ3) is 4.60. The topological polar surface area (TPSA) is 38.8 Å². The van der Waals surface area contributed by atoms with Gasteiger partial charge < -0.3 is 14.4 Å². The van der Waals surface area contributed by atoms with Gasteiger partial charge in [-0.1, -0.05) is 11.6 Å². The molecule has 0 fully saturated rings. The average molecular weight is 338 g/mol. The van der Waals surface area contributed by atoms with Crippen molar-refractivity contribution in [1.82, 2.24) is 0 Å². The van der Waals surface area contributed by atoms with Crippen LogP contribution in [0.5, 0.6) is 11.5 Å². The van der Waals surface area contributed by atoms with Crippen molar-refractivity contribution < 1.29 is 18.7 Å². The number of amides is 1. The van der Waals surface area contributed by atoms with Crippen LogP contribution in [0.4, 0.5) is 10.1 Å². The monoisotopic (exact) mass is 337 g/mol. The molecule has 0 aliphatic heterocycles. The molecule has 6 heteroatoms. The molecule has 122 valence electrons. The molecule has 1 amide bonds. The summed E-state index contributed by atoms with van der Waals surface area (Å²) in [6.45, 7) is 0.192. The summed E-state index contributed by atoms with van der Waals surface area (Å²) in [4.78, 5) is 13.7. The average Bonchev–Trinajstić information content (AvgIpc) is 2.55. The zero-order chi connectivity index (χ0) is 16.8. The molecule has 23 heavy (non-hydrogen) atoms. The lowest BCUT2D eigenvalue weighted by atomic mass is 10.2. The third-order valence-corrected chi connectivity index (χ3v) is 3.51. The maximum absolute atomic E-state index is 12.8. The number of carbonyl (C=O) groups excluding carboxylic acids is 1. The van der Waals surface area contributed by atoms with Gasteiger partial charge in [-0.25, -0.2) is 4.39 Å². The van der Waals surface area contributed by atoms with Gasteiger partial charge in [-0.3, -0.25) is 4.79 Å². The van der Waals surface area contributed by atoms with E-state index in [1.165, 1.54) is 36.3 Å². The summed E-state index contributed by atoms with van der Waals surface area (Å²) in [6, 6.07) is 10.7. The van der Waals surface area contributed by atoms with Gasteiger partial charge in [0, 0.05) is 12.1 Å². The first-order valence-electron chi connectivity index (χ1n) is 6.99. The number of carbonyl (C=O) groups is 1. The number of nitrogens with zero attached hydrogens (tertiary/aromatic N) is 1. The quantitative estimate of drug-likeness (QED) is 0.802. The first-order chi connectivity index (χ1) is 11.0. The maximum atomic E-state index is 12.8. The van der Waals surface area contributed by atoms with Crippen LogP contribution < -0.4 is 14.4 Å². The molecular weight excluding hydrogens is 321 g/mol. The normalized spacial score (nSPS) is 10.3. The molecule has 0 unspecified atom stereocenters. The molecule has 0 saturated heterocycles. The second kappa shape index (κ2) is 7.83. The van der Waals surface area contributed by atoms with Crippen LogP contribution in [-0.4, -0.2) is 26.7 Å². The molecule has 0 aromatic heterocycles. The molecule has 0 saturated carbocycles. The van der Waals surface area contributed by atoms with Crippen molar-refractivity contribution in [1.29, 1.82) is 0 Å². The predicted octanol–water partition coefficient (Wildman–Crippen LogP) is 3.92. The molecule has 2 aromatic carbocycles. The molecule has 0 radical (unpaired) electrons. The molecule has 2 rings (SSSR count). The minimum Gasteiger partial charge on any atom is -0.495 e. The summed E-state index contributed by atoms with van der Waals surface area (Å²) >= 11 is 5.97. The molecule has 2 aromatic rings. The van der Waals surface area contributed by atoms with Crippen LogP contribution in [0.15, 0.2) is 42.5 Å². The Morgan fingerprint density at radius 2 is 1.91 bits per heavy atom. The van der Waals surface area contributed by atoms with Gasteiger partial charge in [-0.15, -0.1) is 0 Å². The van der Waals surface area contributed by atoms with Gasteiger partial charge >= 0.3 is 0 Å². The molecular formula is C17H17ClFNO3. The van der Waals surface area contributed by atoms with Crippen LogP contribution in [0, 0.1) is 5.82 Å². The van der Waals surface area contributed by atoms with Crippen molar-refractivity contribution in [2.45, 2.75) is 6.42 Å². The number of halogens is 2. The number of benzene rings is 2. The van der Waals surface area contributed by atoms with E-state index in [9.17, 15) is 9.18 Å². The Balaban J connectivity index is 1.95. The van der Waals surface area contributed by atoms with Gasteiger partial charge in [0.25, 0.3) is 0 Å². The number of rotatable bonds is 6. The molecule has 0 aliphatic rings. The zero-order valence-electron chi connectivity index (χ0n) is 12.9. The number of anilines is 1. The number of hydrogen-bond donors (Lipinski definition) is 0. The van der Waals surface area contributed by atoms with E-state index in [2.05, 4.69) is 0 Å². The van der Waals surface area contributed by atoms with Crippen LogP contribution in [0.25, 0.3) is 0 Å². The van der Waals surface area contributed by atoms with E-state index in [-0.39, 0.29) is 24.8 Å². The Morgan fingerprint density at radius 1 is 1.22 bits per heavy atom. The zero-order valence-corrected chi connectivity index (χ0v) is 13.6. The molecule has 0 heterocycles. The van der Waals surface area contributed by atoms with Crippen molar-refractivity contribution in [2.24, 2.45) is 0 Å². The summed E-state index contributed by atoms with van der Waals surface area (Å²) in [5, 5.41) is 0.517. The van der Waals surface area contributed by atoms with E-state index in [1.807, 2.05) is 0 Å². The first-order valence-corrected chi connectivity index (χ1v) is 7.37. The smallest absolute Gasteiger partial charge is 0.230 e. The van der Waals surface area contributed by atoms with Gasteiger partial charge in [-0.05, 0) is 42.5 Å². The van der Waals surface area contributed by atoms with Crippen LogP contribution in [0.1, 0.15) is 6.42 Å². The summed E-state index contributed by atoms with van der Waals surface area (Å²) in [7, 11) is 3.18. The van der Waals surface area contributed by atoms with E-state index in [0.717, 1.165) is 0 Å². The highest BCUT2D eigenvalue weighted by Gasteiger charge is 2.15. The van der Waals surface area contributed by atoms with Gasteiger partial charge in [0.15, 0.2) is 0 Å². The third-order valence-electron chi connectivity index (χ3n) is 3.27. The van der Waals surface area contributed by atoms with Gasteiger partial charge in [0.05, 0.1) is 25.8 Å². The van der Waals surface area contributed by atoms with Crippen LogP contribution in [-0.2, 0) is 4.79 Å². The maximum Gasteiger partial charge on any atom is 0.230 e. The Labute approximate surface area is 139 Å². The summed E-state index contributed by atoms with van der Waals surface area (Å²) in [5.74, 6) is 0.598. The van der Waals surface area contributed by atoms with Crippen LogP contribution in [0.3, 0.4) is 0 Å². The largest absolute Gasteiger partial charge is 0.495 e. The van der Waals surface area contributed by atoms with Crippen molar-refractivity contribution in [2.75, 3.05) is 25.7 Å². The summed E-state index contributed by atoms with van der Waals surface area (Å²) in [5.41, 5.74) is 0.590. The lowest BCUT2D eigenvalue weighted by molar-refractivity contribution is -0.118. The van der Waals surface area contributed by atoms with Gasteiger partial charge in [-0.2, -0.15) is 0 Å². The highest BCUT2D eigenvalue weighted by atomic mass is 35.5. The number of hydrogen-bond acceptors (Lipinski definition) is 3. The predicted molar refractivity (Wildman–Crippen MR) is 87.9 cm³/mol. The first kappa shape index (κ1) is 17.1. The fourth-order valence-corrected chi connectivity index (χ4v) is 2.18. The van der Waals surface area contributed by atoms with Crippen LogP contribution in [0.2, 0.25) is 5.02 Å². The van der Waals surface area contributed by atoms with E-state index in [0.29, 0.717) is 22.2 Å². The van der Waals surface area contributed by atoms with Crippen molar-refractivity contribution >= 4 is 23.2 Å². The molecule has 0 atom stereocenters. The Hall–Kier alpha value is -2.27. The standard InChI is InChI=1S/C17H17ClFNO3/c1-20(15-11-12(18)3-8-16(15)22-2)17(21)9-10-23-14-6-4-13(19)5-7-14/h3-8,11H,9-10H2,1-2H3. The highest BCUT2D eigenvalue weighted by Crippen LogP contribution is 2.30. The fourth-order valence-electron chi connectivity index (χ4n) is 2.01. The van der Waals surface area contributed by atoms with Crippen LogP contribution >= 0.6 is 11.6 Å². The minimum absolute atomic E-state index is 0.146. The van der Waals surface area contributed by atoms with E-state index in [1.54, 1.807) is 25.2 Å². The molecule has 0 bridgehead atoms. The Morgan fingerprint density at radius 3 is 2.57 bits per heavy atom. The fraction of sp³-hybridized carbons (Fsp3) is 0.235. The van der Waals surface area contributed by atoms with Gasteiger partial charge in [0.1, 0.15) is 17.3 Å². The second-order valence-electron chi connectivity index (χ2n) is 4.82. The Bertz CT molecular complexity index is 676. The van der Waals surface area contributed by atoms with E-state index >= 15 is 0 Å². The number of ether oxygens (including phenoxy) is 2. The molecule has 0 spiro atoms. The molecule has 4 nitrogen and oxygen atoms in total. The molecule has 0 aliphatic carbocycles. The SMILES string of the molecule is COc1ccc(Cl)cc1N(C)C(=O)CCOc1ccc(F)cc1. The second-order valence-corrected chi connectivity index (χ2v) is 5.26. The van der Waals surface area contributed by atoms with Crippen molar-refractivity contribution in [3.63, 3.8) is 0 Å². The van der Waals surface area contributed by atoms with Crippen molar-refractivity contribution in [3.05, 3.63) is 53.3 Å². The summed E-state index contributed by atoms with van der Waals surface area (Å²) < 4.78 is 23.5. The van der Waals surface area contributed by atoms with Crippen molar-refractivity contribution in [3.8, 4) is 11.5 Å². The number of methoxy groups -OCH3 is 1. The van der Waals surface area contributed by atoms with E-state index < -0.39 is 0 Å². The lowest BCUT2D eigenvalue weighted by Gasteiger charge is -2.20. The van der Waals surface area contributed by atoms with Gasteiger partial charge in [0.2, 0.25) is 5.91 Å². The lowest BCUT2D eigenvalue weighted by Crippen LogP contribution is -2.28. The van der Waals surface area contributed by atoms with E-state index in [4.69, 9.17) is 21.1 Å². The highest BCUT2D eigenvalue weighted by molar-refractivity contribution is 6.31. The Kier molecular flexibility index (Phi) is 5.82. The summed E-state index contributed by atoms with van der Waals surface area (Å²) in [6.07, 6.45) is 0.170.